The largest absolute Gasteiger partial charge is 0.493 e. The molecule has 2 aromatic rings. The second-order valence-electron chi connectivity index (χ2n) is 6.68. The molecule has 0 bridgehead atoms. The van der Waals surface area contributed by atoms with Crippen molar-refractivity contribution in [2.45, 2.75) is 24.1 Å². The van der Waals surface area contributed by atoms with Crippen LogP contribution in [0.25, 0.3) is 0 Å². The number of alkyl halides is 1. The van der Waals surface area contributed by atoms with Crippen molar-refractivity contribution in [2.75, 3.05) is 28.4 Å². The Kier molecular flexibility index (Phi) is 8.13. The van der Waals surface area contributed by atoms with Crippen molar-refractivity contribution in [3.63, 3.8) is 0 Å². The molecule has 0 spiro atoms. The van der Waals surface area contributed by atoms with Crippen molar-refractivity contribution in [1.29, 1.82) is 0 Å². The Hall–Kier alpha value is -2.97. The number of halogens is 1. The van der Waals surface area contributed by atoms with Crippen LogP contribution in [-0.2, 0) is 4.74 Å². The van der Waals surface area contributed by atoms with Crippen molar-refractivity contribution in [3.8, 4) is 23.0 Å². The summed E-state index contributed by atoms with van der Waals surface area (Å²) >= 11 is 6.36. The van der Waals surface area contributed by atoms with Crippen LogP contribution in [0, 0.1) is 10.1 Å². The fourth-order valence-corrected chi connectivity index (χ4v) is 3.24. The number of hydrogen-bond acceptors (Lipinski definition) is 7. The van der Waals surface area contributed by atoms with E-state index in [2.05, 4.69) is 6.58 Å². The summed E-state index contributed by atoms with van der Waals surface area (Å²) in [6.07, 6.45) is -0.349. The van der Waals surface area contributed by atoms with Gasteiger partial charge >= 0.3 is 5.00 Å². The molecule has 168 valence electrons. The van der Waals surface area contributed by atoms with E-state index < -0.39 is 22.1 Å². The number of hydrogen-bond donors (Lipinski definition) is 0. The number of benzene rings is 2. The molecular weight excluding hydrogens is 426 g/mol. The van der Waals surface area contributed by atoms with Crippen LogP contribution < -0.4 is 18.9 Å². The maximum Gasteiger partial charge on any atom is 0.322 e. The van der Waals surface area contributed by atoms with Gasteiger partial charge in [0.2, 0.25) is 0 Å². The fraction of sp³-hybridized carbons (Fsp3) is 0.364. The molecule has 0 saturated heterocycles. The van der Waals surface area contributed by atoms with Gasteiger partial charge in [-0.25, -0.2) is 0 Å². The maximum atomic E-state index is 11.8. The van der Waals surface area contributed by atoms with Crippen LogP contribution in [0.2, 0.25) is 0 Å². The molecule has 0 amide bonds. The lowest BCUT2D eigenvalue weighted by Crippen LogP contribution is -2.37. The van der Waals surface area contributed by atoms with E-state index in [-0.39, 0.29) is 0 Å². The van der Waals surface area contributed by atoms with Crippen LogP contribution in [0.3, 0.4) is 0 Å². The number of rotatable bonds is 11. The molecule has 0 fully saturated rings. The van der Waals surface area contributed by atoms with Crippen LogP contribution in [0.4, 0.5) is 0 Å². The summed E-state index contributed by atoms with van der Waals surface area (Å²) in [6.45, 7) is 5.10. The number of nitrogens with zero attached hydrogens (tertiary/aromatic N) is 1. The van der Waals surface area contributed by atoms with Crippen LogP contribution in [-0.4, -0.2) is 38.4 Å². The van der Waals surface area contributed by atoms with E-state index in [0.717, 1.165) is 0 Å². The smallest absolute Gasteiger partial charge is 0.322 e. The van der Waals surface area contributed by atoms with Crippen molar-refractivity contribution in [1.82, 2.24) is 0 Å². The third-order valence-electron chi connectivity index (χ3n) is 4.78. The summed E-state index contributed by atoms with van der Waals surface area (Å²) in [5.74, 6) is 1.90. The molecule has 0 radical (unpaired) electrons. The summed E-state index contributed by atoms with van der Waals surface area (Å²) in [4.78, 5) is 9.21. The quantitative estimate of drug-likeness (QED) is 0.157. The Labute approximate surface area is 186 Å². The van der Waals surface area contributed by atoms with Crippen LogP contribution in [0.5, 0.6) is 23.0 Å². The molecule has 1 unspecified atom stereocenters. The van der Waals surface area contributed by atoms with Gasteiger partial charge in [0.15, 0.2) is 29.1 Å². The van der Waals surface area contributed by atoms with Crippen molar-refractivity contribution >= 4 is 11.6 Å². The first-order valence-corrected chi connectivity index (χ1v) is 9.66. The highest BCUT2D eigenvalue weighted by atomic mass is 35.5. The number of ether oxygens (including phenoxy) is 5. The predicted octanol–water partition coefficient (Wildman–Crippen LogP) is 4.94. The van der Waals surface area contributed by atoms with Gasteiger partial charge in [0.25, 0.3) is 0 Å². The SMILES string of the molecule is C=C[C@H](O[C@@H](c1ccc(OC)c(OC)c1)C(C)(Cl)[N+](=O)[O-])c1ccc(OC)c(OC)c1. The highest BCUT2D eigenvalue weighted by molar-refractivity contribution is 6.22. The van der Waals surface area contributed by atoms with Gasteiger partial charge in [0.05, 0.1) is 28.4 Å². The topological polar surface area (TPSA) is 89.3 Å². The van der Waals surface area contributed by atoms with Gasteiger partial charge in [0.1, 0.15) is 6.10 Å². The first kappa shape index (κ1) is 24.3. The molecular formula is C22H26ClNO7. The normalized spacial score (nSPS) is 14.6. The van der Waals surface area contributed by atoms with E-state index >= 15 is 0 Å². The molecule has 8 nitrogen and oxygen atoms in total. The Balaban J connectivity index is 2.52. The average Bonchev–Trinajstić information content (AvgIpc) is 2.78. The molecule has 0 aliphatic heterocycles. The summed E-state index contributed by atoms with van der Waals surface area (Å²) < 4.78 is 27.3. The van der Waals surface area contributed by atoms with E-state index in [4.69, 9.17) is 35.3 Å². The first-order valence-electron chi connectivity index (χ1n) is 9.28. The summed E-state index contributed by atoms with van der Waals surface area (Å²) in [5, 5.41) is 11.8. The molecule has 2 rings (SSSR count). The van der Waals surface area contributed by atoms with E-state index in [0.29, 0.717) is 34.1 Å². The Morgan fingerprint density at radius 2 is 1.39 bits per heavy atom. The highest BCUT2D eigenvalue weighted by Crippen LogP contribution is 2.43. The van der Waals surface area contributed by atoms with Gasteiger partial charge in [-0.15, -0.1) is 6.58 Å². The molecule has 0 aromatic heterocycles. The lowest BCUT2D eigenvalue weighted by atomic mass is 10.0. The number of methoxy groups -OCH3 is 4. The van der Waals surface area contributed by atoms with Gasteiger partial charge in [-0.05, 0) is 47.0 Å². The lowest BCUT2D eigenvalue weighted by molar-refractivity contribution is -0.553. The summed E-state index contributed by atoms with van der Waals surface area (Å²) in [5.41, 5.74) is 1.10. The fourth-order valence-electron chi connectivity index (χ4n) is 3.07. The predicted molar refractivity (Wildman–Crippen MR) is 117 cm³/mol. The lowest BCUT2D eigenvalue weighted by Gasteiger charge is -2.29. The van der Waals surface area contributed by atoms with Crippen molar-refractivity contribution in [3.05, 3.63) is 70.3 Å². The Morgan fingerprint density at radius 1 is 0.935 bits per heavy atom. The van der Waals surface area contributed by atoms with E-state index in [1.54, 1.807) is 36.4 Å². The minimum Gasteiger partial charge on any atom is -0.493 e. The van der Waals surface area contributed by atoms with Crippen molar-refractivity contribution < 1.29 is 28.6 Å². The molecule has 2 aromatic carbocycles. The third kappa shape index (κ3) is 5.21. The summed E-state index contributed by atoms with van der Waals surface area (Å²) in [7, 11) is 6.02. The molecule has 0 aliphatic carbocycles. The average molecular weight is 452 g/mol. The monoisotopic (exact) mass is 451 g/mol. The van der Waals surface area contributed by atoms with E-state index in [9.17, 15) is 10.1 Å². The Morgan fingerprint density at radius 3 is 1.81 bits per heavy atom. The second kappa shape index (κ2) is 10.4. The van der Waals surface area contributed by atoms with Gasteiger partial charge in [-0.1, -0.05) is 18.2 Å². The zero-order valence-electron chi connectivity index (χ0n) is 18.1. The molecule has 9 heteroatoms. The zero-order chi connectivity index (χ0) is 23.2. The molecule has 0 heterocycles. The highest BCUT2D eigenvalue weighted by Gasteiger charge is 2.47. The summed E-state index contributed by atoms with van der Waals surface area (Å²) in [6, 6.07) is 10.1. The number of nitro groups is 1. The van der Waals surface area contributed by atoms with E-state index in [1.165, 1.54) is 41.4 Å². The van der Waals surface area contributed by atoms with Gasteiger partial charge < -0.3 is 23.7 Å². The van der Waals surface area contributed by atoms with Gasteiger partial charge in [-0.2, -0.15) is 0 Å². The molecule has 0 N–H and O–H groups in total. The molecule has 31 heavy (non-hydrogen) atoms. The minimum atomic E-state index is -1.97. The van der Waals surface area contributed by atoms with Crippen LogP contribution >= 0.6 is 11.6 Å². The van der Waals surface area contributed by atoms with Gasteiger partial charge in [0, 0.05) is 11.8 Å². The zero-order valence-corrected chi connectivity index (χ0v) is 18.8. The molecule has 0 saturated carbocycles. The van der Waals surface area contributed by atoms with Gasteiger partial charge in [-0.3, -0.25) is 10.1 Å². The minimum absolute atomic E-state index is 0.394. The van der Waals surface area contributed by atoms with Crippen molar-refractivity contribution in [2.24, 2.45) is 0 Å². The van der Waals surface area contributed by atoms with E-state index in [1.807, 2.05) is 0 Å². The van der Waals surface area contributed by atoms with Crippen LogP contribution in [0.1, 0.15) is 30.3 Å². The molecule has 3 atom stereocenters. The molecule has 0 aliphatic rings. The maximum absolute atomic E-state index is 11.8. The second-order valence-corrected chi connectivity index (χ2v) is 7.45. The standard InChI is InChI=1S/C22H26ClNO7/c1-7-16(14-8-10-17(27-3)19(12-14)29-5)31-21(22(2,23)24(25)26)15-9-11-18(28-4)20(13-15)30-6/h7-13,16,21H,1H2,2-6H3/t16-,21-,22?/m0/s1. The Bertz CT molecular complexity index is 932. The first-order chi connectivity index (χ1) is 14.7. The third-order valence-corrected chi connectivity index (χ3v) is 5.11. The van der Waals surface area contributed by atoms with Crippen LogP contribution in [0.15, 0.2) is 49.1 Å².